The highest BCUT2D eigenvalue weighted by molar-refractivity contribution is 6.21. The molecule has 3 nitrogen and oxygen atoms in total. The highest BCUT2D eigenvalue weighted by atomic mass is 16.3. The van der Waals surface area contributed by atoms with E-state index >= 15 is 0 Å². The second-order valence-corrected chi connectivity index (χ2v) is 12.7. The fourth-order valence-corrected chi connectivity index (χ4v) is 8.19. The SMILES string of the molecule is CC12C=CC=CC1c1ccccc1N2c1cccc(-c2ccccc2-n2c3ccccc3c3ccc4c5ccccc5oc4c32)c1. The number of nitrogens with zero attached hydrogens (tertiary/aromatic N) is 2. The van der Waals surface area contributed by atoms with E-state index in [0.29, 0.717) is 5.92 Å². The van der Waals surface area contributed by atoms with Crippen molar-refractivity contribution in [2.45, 2.75) is 18.4 Å². The second-order valence-electron chi connectivity index (χ2n) is 12.7. The Morgan fingerprint density at radius 3 is 2.33 bits per heavy atom. The van der Waals surface area contributed by atoms with Crippen molar-refractivity contribution in [2.75, 3.05) is 4.90 Å². The molecule has 6 aromatic carbocycles. The van der Waals surface area contributed by atoms with Crippen LogP contribution in [0, 0.1) is 0 Å². The van der Waals surface area contributed by atoms with Gasteiger partial charge in [-0.1, -0.05) is 115 Å². The minimum atomic E-state index is -0.184. The molecule has 0 saturated heterocycles. The molecule has 10 rings (SSSR count). The lowest BCUT2D eigenvalue weighted by Gasteiger charge is -2.39. The first-order valence-corrected chi connectivity index (χ1v) is 16.0. The largest absolute Gasteiger partial charge is 0.454 e. The first-order valence-electron chi connectivity index (χ1n) is 16.0. The van der Waals surface area contributed by atoms with E-state index < -0.39 is 0 Å². The average molecular weight is 591 g/mol. The van der Waals surface area contributed by atoms with Gasteiger partial charge in [0.1, 0.15) is 5.58 Å². The molecule has 1 aliphatic carbocycles. The standard InChI is InChI=1S/C43H30N2O/c1-43-26-11-10-19-36(43)35-18-4-8-22-39(35)45(43)29-14-12-13-28(27-29)30-15-2-6-20-37(30)44-38-21-7-3-16-31(38)33-24-25-34-32-17-5-9-23-40(32)46-42(34)41(33)44/h2-27,36H,1H3. The van der Waals surface area contributed by atoms with Gasteiger partial charge in [-0.05, 0) is 60.5 Å². The van der Waals surface area contributed by atoms with Crippen LogP contribution in [0.1, 0.15) is 18.4 Å². The van der Waals surface area contributed by atoms with Crippen LogP contribution in [0.2, 0.25) is 0 Å². The summed E-state index contributed by atoms with van der Waals surface area (Å²) in [6, 6.07) is 48.2. The van der Waals surface area contributed by atoms with Gasteiger partial charge in [0.05, 0.1) is 22.3 Å². The highest BCUT2D eigenvalue weighted by Gasteiger charge is 2.46. The number of para-hydroxylation sites is 4. The van der Waals surface area contributed by atoms with Crippen molar-refractivity contribution in [1.82, 2.24) is 4.57 Å². The van der Waals surface area contributed by atoms with Crippen molar-refractivity contribution in [3.05, 3.63) is 163 Å². The summed E-state index contributed by atoms with van der Waals surface area (Å²) >= 11 is 0. The van der Waals surface area contributed by atoms with Crippen LogP contribution in [-0.2, 0) is 0 Å². The lowest BCUT2D eigenvalue weighted by Crippen LogP contribution is -2.41. The number of hydrogen-bond acceptors (Lipinski definition) is 2. The Labute approximate surface area is 266 Å². The van der Waals surface area contributed by atoms with E-state index in [1.165, 1.54) is 38.8 Å². The molecule has 2 aliphatic rings. The molecule has 0 N–H and O–H groups in total. The minimum Gasteiger partial charge on any atom is -0.454 e. The smallest absolute Gasteiger partial charge is 0.160 e. The van der Waals surface area contributed by atoms with Gasteiger partial charge in [0.2, 0.25) is 0 Å². The molecule has 0 bridgehead atoms. The van der Waals surface area contributed by atoms with E-state index in [2.05, 4.69) is 168 Å². The van der Waals surface area contributed by atoms with Crippen molar-refractivity contribution < 1.29 is 4.42 Å². The number of rotatable bonds is 3. The number of hydrogen-bond donors (Lipinski definition) is 0. The van der Waals surface area contributed by atoms with Crippen LogP contribution in [-0.4, -0.2) is 10.1 Å². The maximum absolute atomic E-state index is 6.64. The van der Waals surface area contributed by atoms with Gasteiger partial charge in [0, 0.05) is 44.4 Å². The fourth-order valence-electron chi connectivity index (χ4n) is 8.19. The summed E-state index contributed by atoms with van der Waals surface area (Å²) in [6.45, 7) is 2.36. The Kier molecular flexibility index (Phi) is 5.19. The topological polar surface area (TPSA) is 21.3 Å². The number of anilines is 2. The van der Waals surface area contributed by atoms with E-state index in [9.17, 15) is 0 Å². The quantitative estimate of drug-likeness (QED) is 0.204. The van der Waals surface area contributed by atoms with Crippen molar-refractivity contribution in [2.24, 2.45) is 0 Å². The summed E-state index contributed by atoms with van der Waals surface area (Å²) in [7, 11) is 0. The van der Waals surface area contributed by atoms with Crippen LogP contribution < -0.4 is 4.90 Å². The van der Waals surface area contributed by atoms with Gasteiger partial charge in [-0.3, -0.25) is 0 Å². The monoisotopic (exact) mass is 590 g/mol. The Morgan fingerprint density at radius 2 is 1.39 bits per heavy atom. The Bertz CT molecular complexity index is 2580. The number of furan rings is 1. The van der Waals surface area contributed by atoms with Gasteiger partial charge in [0.15, 0.2) is 5.58 Å². The maximum atomic E-state index is 6.64. The van der Waals surface area contributed by atoms with E-state index in [1.807, 2.05) is 6.07 Å². The Morgan fingerprint density at radius 1 is 0.630 bits per heavy atom. The first kappa shape index (κ1) is 25.5. The molecular formula is C43H30N2O. The van der Waals surface area contributed by atoms with Crippen LogP contribution >= 0.6 is 0 Å². The van der Waals surface area contributed by atoms with E-state index in [0.717, 1.165) is 38.7 Å². The van der Waals surface area contributed by atoms with Crippen molar-refractivity contribution >= 4 is 55.1 Å². The van der Waals surface area contributed by atoms with Crippen molar-refractivity contribution in [3.8, 4) is 16.8 Å². The number of benzene rings is 6. The summed E-state index contributed by atoms with van der Waals surface area (Å²) in [4.78, 5) is 2.53. The lowest BCUT2D eigenvalue weighted by molar-refractivity contribution is 0.542. The maximum Gasteiger partial charge on any atom is 0.160 e. The Balaban J connectivity index is 1.22. The van der Waals surface area contributed by atoms with Gasteiger partial charge >= 0.3 is 0 Å². The van der Waals surface area contributed by atoms with Crippen LogP contribution in [0.25, 0.3) is 60.6 Å². The lowest BCUT2D eigenvalue weighted by atomic mass is 9.80. The minimum absolute atomic E-state index is 0.184. The molecule has 2 atom stereocenters. The van der Waals surface area contributed by atoms with Crippen LogP contribution in [0.15, 0.2) is 162 Å². The van der Waals surface area contributed by atoms with Crippen LogP contribution in [0.4, 0.5) is 11.4 Å². The number of aromatic nitrogens is 1. The van der Waals surface area contributed by atoms with Crippen LogP contribution in [0.5, 0.6) is 0 Å². The summed E-state index contributed by atoms with van der Waals surface area (Å²) in [5.74, 6) is 0.300. The van der Waals surface area contributed by atoms with Crippen molar-refractivity contribution in [3.63, 3.8) is 0 Å². The second kappa shape index (κ2) is 9.35. The predicted molar refractivity (Wildman–Crippen MR) is 192 cm³/mol. The molecule has 0 fully saturated rings. The highest BCUT2D eigenvalue weighted by Crippen LogP contribution is 2.54. The van der Waals surface area contributed by atoms with Crippen molar-refractivity contribution in [1.29, 1.82) is 0 Å². The zero-order valence-corrected chi connectivity index (χ0v) is 25.4. The first-order chi connectivity index (χ1) is 22.7. The fraction of sp³-hybridized carbons (Fsp3) is 0.0698. The summed E-state index contributed by atoms with van der Waals surface area (Å²) in [5, 5.41) is 4.68. The summed E-state index contributed by atoms with van der Waals surface area (Å²) < 4.78 is 9.06. The van der Waals surface area contributed by atoms with Gasteiger partial charge in [-0.25, -0.2) is 0 Å². The molecule has 218 valence electrons. The summed E-state index contributed by atoms with van der Waals surface area (Å²) in [5.41, 5.74) is 11.2. The molecule has 0 amide bonds. The number of fused-ring (bicyclic) bond motifs is 10. The van der Waals surface area contributed by atoms with E-state index in [-0.39, 0.29) is 5.54 Å². The third kappa shape index (κ3) is 3.37. The zero-order valence-electron chi connectivity index (χ0n) is 25.4. The molecule has 3 heterocycles. The average Bonchev–Trinajstić information content (AvgIpc) is 3.74. The molecule has 46 heavy (non-hydrogen) atoms. The van der Waals surface area contributed by atoms with Crippen LogP contribution in [0.3, 0.4) is 0 Å². The molecule has 2 unspecified atom stereocenters. The third-order valence-electron chi connectivity index (χ3n) is 10.2. The Hall–Kier alpha value is -5.80. The molecule has 3 heteroatoms. The normalized spacial score (nSPS) is 18.6. The molecule has 2 aromatic heterocycles. The zero-order chi connectivity index (χ0) is 30.4. The molecular weight excluding hydrogens is 560 g/mol. The molecule has 8 aromatic rings. The molecule has 0 radical (unpaired) electrons. The number of allylic oxidation sites excluding steroid dienone is 2. The van der Waals surface area contributed by atoms with Gasteiger partial charge in [0.25, 0.3) is 0 Å². The van der Waals surface area contributed by atoms with Gasteiger partial charge in [-0.15, -0.1) is 0 Å². The molecule has 1 aliphatic heterocycles. The predicted octanol–water partition coefficient (Wildman–Crippen LogP) is 11.5. The molecule has 0 spiro atoms. The van der Waals surface area contributed by atoms with E-state index in [1.54, 1.807) is 0 Å². The third-order valence-corrected chi connectivity index (χ3v) is 10.2. The van der Waals surface area contributed by atoms with Gasteiger partial charge in [-0.2, -0.15) is 0 Å². The van der Waals surface area contributed by atoms with E-state index in [4.69, 9.17) is 4.42 Å². The van der Waals surface area contributed by atoms with Gasteiger partial charge < -0.3 is 13.9 Å². The molecule has 0 saturated carbocycles. The summed E-state index contributed by atoms with van der Waals surface area (Å²) in [6.07, 6.45) is 9.08.